The first-order chi connectivity index (χ1) is 9.39. The van der Waals surface area contributed by atoms with Gasteiger partial charge >= 0.3 is 0 Å². The Kier molecular flexibility index (Phi) is 6.80. The molecule has 1 rings (SSSR count). The zero-order chi connectivity index (χ0) is 15.0. The Hall–Kier alpha value is -1.28. The third-order valence-corrected chi connectivity index (χ3v) is 2.95. The highest BCUT2D eigenvalue weighted by molar-refractivity contribution is 5.32. The zero-order valence-corrected chi connectivity index (χ0v) is 13.5. The van der Waals surface area contributed by atoms with E-state index in [9.17, 15) is 0 Å². The van der Waals surface area contributed by atoms with Crippen molar-refractivity contribution in [3.63, 3.8) is 0 Å². The number of ether oxygens (including phenoxy) is 2. The van der Waals surface area contributed by atoms with Crippen molar-refractivity contribution >= 4 is 0 Å². The van der Waals surface area contributed by atoms with Gasteiger partial charge in [0, 0.05) is 0 Å². The maximum absolute atomic E-state index is 5.78. The smallest absolute Gasteiger partial charge is 0.119 e. The molecule has 0 saturated carbocycles. The second kappa shape index (κ2) is 8.11. The predicted octanol–water partition coefficient (Wildman–Crippen LogP) is 4.73. The molecule has 0 aliphatic carbocycles. The molecule has 20 heavy (non-hydrogen) atoms. The van der Waals surface area contributed by atoms with Crippen molar-refractivity contribution in [3.8, 4) is 5.75 Å². The minimum Gasteiger partial charge on any atom is -0.493 e. The Labute approximate surface area is 123 Å². The molecule has 0 amide bonds. The third kappa shape index (κ3) is 6.76. The van der Waals surface area contributed by atoms with Crippen molar-refractivity contribution in [2.24, 2.45) is 0 Å². The van der Waals surface area contributed by atoms with Crippen LogP contribution in [0.2, 0.25) is 0 Å². The Morgan fingerprint density at radius 2 is 1.90 bits per heavy atom. The SMILES string of the molecule is CC(C)OCC=CCCOc1cccc(C(C)(C)C)c1. The third-order valence-electron chi connectivity index (χ3n) is 2.95. The van der Waals surface area contributed by atoms with Gasteiger partial charge in [-0.15, -0.1) is 0 Å². The first kappa shape index (κ1) is 16.8. The van der Waals surface area contributed by atoms with Crippen molar-refractivity contribution in [1.82, 2.24) is 0 Å². The van der Waals surface area contributed by atoms with E-state index in [2.05, 4.69) is 51.1 Å². The van der Waals surface area contributed by atoms with Crippen LogP contribution in [-0.4, -0.2) is 19.3 Å². The summed E-state index contributed by atoms with van der Waals surface area (Å²) in [7, 11) is 0. The molecule has 0 heterocycles. The van der Waals surface area contributed by atoms with Crippen LogP contribution in [0.5, 0.6) is 5.75 Å². The van der Waals surface area contributed by atoms with Gasteiger partial charge in [-0.2, -0.15) is 0 Å². The second-order valence-corrected chi connectivity index (χ2v) is 6.27. The normalized spacial score (nSPS) is 12.3. The van der Waals surface area contributed by atoms with Crippen LogP contribution in [0, 0.1) is 0 Å². The molecule has 0 spiro atoms. The van der Waals surface area contributed by atoms with Crippen LogP contribution >= 0.6 is 0 Å². The summed E-state index contributed by atoms with van der Waals surface area (Å²) in [6, 6.07) is 8.35. The van der Waals surface area contributed by atoms with Gasteiger partial charge in [0.1, 0.15) is 5.75 Å². The van der Waals surface area contributed by atoms with E-state index in [0.717, 1.165) is 12.2 Å². The monoisotopic (exact) mass is 276 g/mol. The van der Waals surface area contributed by atoms with Crippen molar-refractivity contribution in [2.45, 2.75) is 52.6 Å². The van der Waals surface area contributed by atoms with E-state index in [1.165, 1.54) is 5.56 Å². The molecule has 0 radical (unpaired) electrons. The van der Waals surface area contributed by atoms with Crippen molar-refractivity contribution in [1.29, 1.82) is 0 Å². The zero-order valence-electron chi connectivity index (χ0n) is 13.5. The van der Waals surface area contributed by atoms with Crippen LogP contribution in [0.1, 0.15) is 46.6 Å². The van der Waals surface area contributed by atoms with Crippen LogP contribution in [0.15, 0.2) is 36.4 Å². The Bertz CT molecular complexity index is 414. The largest absolute Gasteiger partial charge is 0.493 e. The van der Waals surface area contributed by atoms with Crippen LogP contribution in [-0.2, 0) is 10.2 Å². The molecule has 0 atom stereocenters. The number of hydrogen-bond acceptors (Lipinski definition) is 2. The van der Waals surface area contributed by atoms with E-state index < -0.39 is 0 Å². The van der Waals surface area contributed by atoms with Gasteiger partial charge in [0.2, 0.25) is 0 Å². The fourth-order valence-electron chi connectivity index (χ4n) is 1.73. The summed E-state index contributed by atoms with van der Waals surface area (Å²) in [5, 5.41) is 0. The minimum absolute atomic E-state index is 0.160. The highest BCUT2D eigenvalue weighted by atomic mass is 16.5. The average molecular weight is 276 g/mol. The summed E-state index contributed by atoms with van der Waals surface area (Å²) in [6.45, 7) is 12.1. The van der Waals surface area contributed by atoms with E-state index in [0.29, 0.717) is 13.2 Å². The fraction of sp³-hybridized carbons (Fsp3) is 0.556. The first-order valence-electron chi connectivity index (χ1n) is 7.39. The standard InChI is InChI=1S/C18H28O2/c1-15(2)19-12-7-6-8-13-20-17-11-9-10-16(14-17)18(3,4)5/h6-7,9-11,14-15H,8,12-13H2,1-5H3. The molecule has 0 aromatic heterocycles. The molecule has 0 aliphatic rings. The number of rotatable bonds is 7. The van der Waals surface area contributed by atoms with Crippen LogP contribution in [0.25, 0.3) is 0 Å². The van der Waals surface area contributed by atoms with E-state index in [1.54, 1.807) is 0 Å². The lowest BCUT2D eigenvalue weighted by Crippen LogP contribution is -2.11. The predicted molar refractivity (Wildman–Crippen MR) is 85.5 cm³/mol. The quantitative estimate of drug-likeness (QED) is 0.529. The topological polar surface area (TPSA) is 18.5 Å². The first-order valence-corrected chi connectivity index (χ1v) is 7.39. The summed E-state index contributed by atoms with van der Waals surface area (Å²) in [5.41, 5.74) is 1.46. The second-order valence-electron chi connectivity index (χ2n) is 6.27. The van der Waals surface area contributed by atoms with Gasteiger partial charge in [0.05, 0.1) is 19.3 Å². The highest BCUT2D eigenvalue weighted by Crippen LogP contribution is 2.25. The summed E-state index contributed by atoms with van der Waals surface area (Å²) in [6.07, 6.45) is 5.35. The molecule has 2 heteroatoms. The average Bonchev–Trinajstić information content (AvgIpc) is 2.36. The van der Waals surface area contributed by atoms with Gasteiger partial charge in [0.25, 0.3) is 0 Å². The molecule has 0 unspecified atom stereocenters. The maximum atomic E-state index is 5.78. The lowest BCUT2D eigenvalue weighted by atomic mass is 9.87. The number of benzene rings is 1. The molecule has 2 nitrogen and oxygen atoms in total. The number of hydrogen-bond donors (Lipinski definition) is 0. The summed E-state index contributed by atoms with van der Waals surface area (Å²) >= 11 is 0. The summed E-state index contributed by atoms with van der Waals surface area (Å²) in [4.78, 5) is 0. The van der Waals surface area contributed by atoms with Crippen LogP contribution < -0.4 is 4.74 Å². The van der Waals surface area contributed by atoms with E-state index >= 15 is 0 Å². The molecule has 0 saturated heterocycles. The Morgan fingerprint density at radius 1 is 1.15 bits per heavy atom. The molecular weight excluding hydrogens is 248 g/mol. The lowest BCUT2D eigenvalue weighted by molar-refractivity contribution is 0.102. The Morgan fingerprint density at radius 3 is 2.55 bits per heavy atom. The van der Waals surface area contributed by atoms with Gasteiger partial charge < -0.3 is 9.47 Å². The van der Waals surface area contributed by atoms with Crippen molar-refractivity contribution in [3.05, 3.63) is 42.0 Å². The van der Waals surface area contributed by atoms with Gasteiger partial charge in [-0.25, -0.2) is 0 Å². The van der Waals surface area contributed by atoms with Gasteiger partial charge in [-0.05, 0) is 43.4 Å². The summed E-state index contributed by atoms with van der Waals surface area (Å²) in [5.74, 6) is 0.948. The van der Waals surface area contributed by atoms with E-state index in [-0.39, 0.29) is 11.5 Å². The molecule has 0 bridgehead atoms. The van der Waals surface area contributed by atoms with E-state index in [1.807, 2.05) is 19.9 Å². The highest BCUT2D eigenvalue weighted by Gasteiger charge is 2.13. The molecule has 0 fully saturated rings. The van der Waals surface area contributed by atoms with Crippen LogP contribution in [0.4, 0.5) is 0 Å². The fourth-order valence-corrected chi connectivity index (χ4v) is 1.73. The molecule has 0 N–H and O–H groups in total. The molecular formula is C18H28O2. The van der Waals surface area contributed by atoms with Crippen molar-refractivity contribution < 1.29 is 9.47 Å². The Balaban J connectivity index is 2.32. The van der Waals surface area contributed by atoms with E-state index in [4.69, 9.17) is 9.47 Å². The van der Waals surface area contributed by atoms with Crippen LogP contribution in [0.3, 0.4) is 0 Å². The molecule has 1 aromatic rings. The van der Waals surface area contributed by atoms with Gasteiger partial charge in [-0.3, -0.25) is 0 Å². The minimum atomic E-state index is 0.160. The lowest BCUT2D eigenvalue weighted by Gasteiger charge is -2.19. The molecule has 1 aromatic carbocycles. The van der Waals surface area contributed by atoms with Gasteiger partial charge in [0.15, 0.2) is 0 Å². The molecule has 112 valence electrons. The maximum Gasteiger partial charge on any atom is 0.119 e. The molecule has 0 aliphatic heterocycles. The van der Waals surface area contributed by atoms with Crippen molar-refractivity contribution in [2.75, 3.05) is 13.2 Å². The summed E-state index contributed by atoms with van der Waals surface area (Å²) < 4.78 is 11.2. The van der Waals surface area contributed by atoms with Gasteiger partial charge in [-0.1, -0.05) is 45.1 Å².